The van der Waals surface area contributed by atoms with Gasteiger partial charge in [-0.25, -0.2) is 4.79 Å². The number of fused-ring (bicyclic) bond motifs is 1. The normalized spacial score (nSPS) is 14.4. The van der Waals surface area contributed by atoms with E-state index in [1.807, 2.05) is 37.3 Å². The minimum absolute atomic E-state index is 0.402. The lowest BCUT2D eigenvalue weighted by atomic mass is 10.2. The Morgan fingerprint density at radius 2 is 2.04 bits per heavy atom. The maximum absolute atomic E-state index is 11.1. The molecule has 0 aliphatic carbocycles. The van der Waals surface area contributed by atoms with Crippen molar-refractivity contribution in [2.24, 2.45) is 0 Å². The molecule has 3 aromatic rings. The third-order valence-electron chi connectivity index (χ3n) is 4.49. The van der Waals surface area contributed by atoms with Gasteiger partial charge in [-0.05, 0) is 18.6 Å². The quantitative estimate of drug-likeness (QED) is 0.780. The fourth-order valence-electron chi connectivity index (χ4n) is 3.17. The Labute approximate surface area is 149 Å². The van der Waals surface area contributed by atoms with Gasteiger partial charge in [-0.15, -0.1) is 21.5 Å². The van der Waals surface area contributed by atoms with Gasteiger partial charge in [0.05, 0.1) is 6.54 Å². The van der Waals surface area contributed by atoms with Gasteiger partial charge in [-0.1, -0.05) is 30.3 Å². The van der Waals surface area contributed by atoms with Crippen LogP contribution in [0.1, 0.15) is 25.9 Å². The molecule has 6 nitrogen and oxygen atoms in total. The molecule has 0 atom stereocenters. The van der Waals surface area contributed by atoms with E-state index in [1.165, 1.54) is 11.3 Å². The highest BCUT2D eigenvalue weighted by atomic mass is 32.1. The van der Waals surface area contributed by atoms with E-state index in [2.05, 4.69) is 19.7 Å². The largest absolute Gasteiger partial charge is 0.477 e. The maximum Gasteiger partial charge on any atom is 0.345 e. The first-order chi connectivity index (χ1) is 12.1. The molecule has 0 saturated carbocycles. The van der Waals surface area contributed by atoms with Crippen molar-refractivity contribution >= 4 is 17.3 Å². The second-order valence-corrected chi connectivity index (χ2v) is 7.42. The maximum atomic E-state index is 11.1. The van der Waals surface area contributed by atoms with Crippen LogP contribution >= 0.6 is 11.3 Å². The standard InChI is InChI=1S/C18H18N4O2S/c1-12-14(9-15(25-12)18(23)24)10-21-7-8-22-16(11-21)19-20-17(22)13-5-3-2-4-6-13/h2-6,9H,7-8,10-11H2,1H3,(H,23,24). The predicted molar refractivity (Wildman–Crippen MR) is 95.6 cm³/mol. The van der Waals surface area contributed by atoms with Gasteiger partial charge in [0.25, 0.3) is 0 Å². The van der Waals surface area contributed by atoms with Crippen LogP contribution in [-0.4, -0.2) is 37.3 Å². The highest BCUT2D eigenvalue weighted by molar-refractivity contribution is 7.14. The third-order valence-corrected chi connectivity index (χ3v) is 5.57. The molecule has 0 fully saturated rings. The summed E-state index contributed by atoms with van der Waals surface area (Å²) in [6.07, 6.45) is 0. The van der Waals surface area contributed by atoms with Crippen molar-refractivity contribution in [1.29, 1.82) is 0 Å². The van der Waals surface area contributed by atoms with Crippen molar-refractivity contribution in [2.45, 2.75) is 26.6 Å². The minimum Gasteiger partial charge on any atom is -0.477 e. The summed E-state index contributed by atoms with van der Waals surface area (Å²) in [4.78, 5) is 14.9. The Morgan fingerprint density at radius 3 is 2.76 bits per heavy atom. The average Bonchev–Trinajstić information content (AvgIpc) is 3.19. The van der Waals surface area contributed by atoms with E-state index in [9.17, 15) is 4.79 Å². The summed E-state index contributed by atoms with van der Waals surface area (Å²) in [7, 11) is 0. The topological polar surface area (TPSA) is 71.2 Å². The van der Waals surface area contributed by atoms with Crippen LogP contribution in [0.15, 0.2) is 36.4 Å². The molecule has 1 aromatic carbocycles. The zero-order valence-electron chi connectivity index (χ0n) is 13.8. The number of carboxylic acid groups (broad SMARTS) is 1. The number of nitrogens with zero attached hydrogens (tertiary/aromatic N) is 4. The molecule has 25 heavy (non-hydrogen) atoms. The van der Waals surface area contributed by atoms with Crippen molar-refractivity contribution in [2.75, 3.05) is 6.54 Å². The van der Waals surface area contributed by atoms with E-state index < -0.39 is 5.97 Å². The Balaban J connectivity index is 1.53. The fourth-order valence-corrected chi connectivity index (χ4v) is 4.04. The van der Waals surface area contributed by atoms with Gasteiger partial charge in [-0.3, -0.25) is 4.90 Å². The van der Waals surface area contributed by atoms with Gasteiger partial charge in [-0.2, -0.15) is 0 Å². The van der Waals surface area contributed by atoms with Gasteiger partial charge in [0.15, 0.2) is 5.82 Å². The summed E-state index contributed by atoms with van der Waals surface area (Å²) in [6, 6.07) is 11.9. The lowest BCUT2D eigenvalue weighted by molar-refractivity contribution is 0.0702. The molecule has 1 aliphatic heterocycles. The molecule has 1 aliphatic rings. The molecule has 0 saturated heterocycles. The Bertz CT molecular complexity index is 917. The van der Waals surface area contributed by atoms with Crippen molar-refractivity contribution < 1.29 is 9.90 Å². The molecule has 0 radical (unpaired) electrons. The number of rotatable bonds is 4. The van der Waals surface area contributed by atoms with E-state index in [0.29, 0.717) is 4.88 Å². The number of aryl methyl sites for hydroxylation is 1. The van der Waals surface area contributed by atoms with Gasteiger partial charge >= 0.3 is 5.97 Å². The molecular weight excluding hydrogens is 336 g/mol. The summed E-state index contributed by atoms with van der Waals surface area (Å²) in [6.45, 7) is 5.16. The minimum atomic E-state index is -0.856. The Kier molecular flexibility index (Phi) is 4.10. The molecule has 7 heteroatoms. The van der Waals surface area contributed by atoms with Crippen molar-refractivity contribution in [3.05, 3.63) is 57.5 Å². The number of aromatic carboxylic acids is 1. The SMILES string of the molecule is Cc1sc(C(=O)O)cc1CN1CCn2c(nnc2-c2ccccc2)C1. The fraction of sp³-hybridized carbons (Fsp3) is 0.278. The number of aromatic nitrogens is 3. The van der Waals surface area contributed by atoms with E-state index in [1.54, 1.807) is 6.07 Å². The Hall–Kier alpha value is -2.51. The van der Waals surface area contributed by atoms with Crippen molar-refractivity contribution in [3.63, 3.8) is 0 Å². The van der Waals surface area contributed by atoms with Crippen LogP contribution in [0, 0.1) is 6.92 Å². The molecule has 128 valence electrons. The molecule has 0 spiro atoms. The first kappa shape index (κ1) is 16.0. The number of hydrogen-bond acceptors (Lipinski definition) is 5. The number of thiophene rings is 1. The summed E-state index contributed by atoms with van der Waals surface area (Å²) < 4.78 is 2.18. The molecule has 4 rings (SSSR count). The summed E-state index contributed by atoms with van der Waals surface area (Å²) >= 11 is 1.34. The van der Waals surface area contributed by atoms with Crippen LogP contribution in [0.5, 0.6) is 0 Å². The number of carboxylic acids is 1. The van der Waals surface area contributed by atoms with Crippen LogP contribution in [0.2, 0.25) is 0 Å². The van der Waals surface area contributed by atoms with E-state index >= 15 is 0 Å². The summed E-state index contributed by atoms with van der Waals surface area (Å²) in [5.41, 5.74) is 2.16. The van der Waals surface area contributed by atoms with Crippen LogP contribution in [0.3, 0.4) is 0 Å². The van der Waals surface area contributed by atoms with Gasteiger partial charge in [0.1, 0.15) is 10.7 Å². The number of hydrogen-bond donors (Lipinski definition) is 1. The van der Waals surface area contributed by atoms with Crippen LogP contribution in [0.4, 0.5) is 0 Å². The first-order valence-corrected chi connectivity index (χ1v) is 8.96. The molecule has 0 unspecified atom stereocenters. The van der Waals surface area contributed by atoms with E-state index in [0.717, 1.165) is 53.8 Å². The van der Waals surface area contributed by atoms with Gasteiger partial charge in [0, 0.05) is 30.1 Å². The molecule has 1 N–H and O–H groups in total. The lowest BCUT2D eigenvalue weighted by Crippen LogP contribution is -2.33. The van der Waals surface area contributed by atoms with Gasteiger partial charge < -0.3 is 9.67 Å². The average molecular weight is 354 g/mol. The second kappa shape index (κ2) is 6.42. The first-order valence-electron chi connectivity index (χ1n) is 8.14. The zero-order valence-corrected chi connectivity index (χ0v) is 14.7. The summed E-state index contributed by atoms with van der Waals surface area (Å²) in [5.74, 6) is 1.01. The van der Waals surface area contributed by atoms with E-state index in [-0.39, 0.29) is 0 Å². The number of benzene rings is 1. The molecular formula is C18H18N4O2S. The highest BCUT2D eigenvalue weighted by Gasteiger charge is 2.23. The van der Waals surface area contributed by atoms with Crippen LogP contribution in [0.25, 0.3) is 11.4 Å². The molecule has 2 aromatic heterocycles. The van der Waals surface area contributed by atoms with E-state index in [4.69, 9.17) is 5.11 Å². The monoisotopic (exact) mass is 354 g/mol. The smallest absolute Gasteiger partial charge is 0.345 e. The highest BCUT2D eigenvalue weighted by Crippen LogP contribution is 2.26. The van der Waals surface area contributed by atoms with Crippen LogP contribution < -0.4 is 0 Å². The predicted octanol–water partition coefficient (Wildman–Crippen LogP) is 3.03. The zero-order chi connectivity index (χ0) is 17.4. The lowest BCUT2D eigenvalue weighted by Gasteiger charge is -2.27. The van der Waals surface area contributed by atoms with Crippen molar-refractivity contribution in [3.8, 4) is 11.4 Å². The summed E-state index contributed by atoms with van der Waals surface area (Å²) in [5, 5.41) is 17.9. The molecule has 0 amide bonds. The second-order valence-electron chi connectivity index (χ2n) is 6.17. The third kappa shape index (κ3) is 3.08. The van der Waals surface area contributed by atoms with Crippen molar-refractivity contribution in [1.82, 2.24) is 19.7 Å². The van der Waals surface area contributed by atoms with Gasteiger partial charge in [0.2, 0.25) is 0 Å². The Morgan fingerprint density at radius 1 is 1.24 bits per heavy atom. The molecule has 3 heterocycles. The van der Waals surface area contributed by atoms with Crippen LogP contribution in [-0.2, 0) is 19.6 Å². The molecule has 0 bridgehead atoms. The number of carbonyl (C=O) groups is 1.